The average molecular weight is 335 g/mol. The summed E-state index contributed by atoms with van der Waals surface area (Å²) >= 11 is 0. The minimum Gasteiger partial charge on any atom is -0.354 e. The lowest BCUT2D eigenvalue weighted by Gasteiger charge is -2.34. The maximum absolute atomic E-state index is 4.67. The van der Waals surface area contributed by atoms with E-state index < -0.39 is 0 Å². The van der Waals surface area contributed by atoms with Gasteiger partial charge in [0.2, 0.25) is 5.95 Å². The summed E-state index contributed by atoms with van der Waals surface area (Å²) in [6, 6.07) is 13.1. The van der Waals surface area contributed by atoms with Crippen molar-refractivity contribution < 1.29 is 0 Å². The van der Waals surface area contributed by atoms with Crippen LogP contribution in [0.15, 0.2) is 48.7 Å². The van der Waals surface area contributed by atoms with Gasteiger partial charge in [0.05, 0.1) is 0 Å². The molecule has 1 saturated heterocycles. The molecule has 130 valence electrons. The first-order valence-electron chi connectivity index (χ1n) is 9.15. The van der Waals surface area contributed by atoms with Crippen molar-refractivity contribution in [3.8, 4) is 0 Å². The second kappa shape index (κ2) is 7.66. The van der Waals surface area contributed by atoms with Crippen LogP contribution in [0.2, 0.25) is 0 Å². The second-order valence-corrected chi connectivity index (χ2v) is 6.76. The number of rotatable bonds is 6. The maximum atomic E-state index is 4.67. The van der Waals surface area contributed by atoms with E-state index in [4.69, 9.17) is 0 Å². The Morgan fingerprint density at radius 3 is 2.60 bits per heavy atom. The van der Waals surface area contributed by atoms with Crippen LogP contribution in [-0.2, 0) is 0 Å². The number of hydrogen-bond donors (Lipinski definition) is 1. The Kier molecular flexibility index (Phi) is 4.93. The lowest BCUT2D eigenvalue weighted by molar-refractivity contribution is 0.283. The molecule has 0 unspecified atom stereocenters. The van der Waals surface area contributed by atoms with Gasteiger partial charge in [0, 0.05) is 45.0 Å². The molecule has 4 rings (SSSR count). The Labute approximate surface area is 149 Å². The molecule has 0 spiro atoms. The zero-order chi connectivity index (χ0) is 16.9. The third-order valence-corrected chi connectivity index (χ3v) is 4.72. The van der Waals surface area contributed by atoms with Crippen LogP contribution in [0.3, 0.4) is 0 Å². The van der Waals surface area contributed by atoms with Crippen LogP contribution in [0, 0.1) is 0 Å². The molecule has 25 heavy (non-hydrogen) atoms. The van der Waals surface area contributed by atoms with E-state index in [2.05, 4.69) is 67.6 Å². The van der Waals surface area contributed by atoms with E-state index in [-0.39, 0.29) is 0 Å². The predicted octanol–water partition coefficient (Wildman–Crippen LogP) is 2.89. The summed E-state index contributed by atoms with van der Waals surface area (Å²) in [6.45, 7) is 5.15. The number of benzene rings is 1. The number of hydrogen-bond acceptors (Lipinski definition) is 5. The molecule has 1 aliphatic carbocycles. The van der Waals surface area contributed by atoms with Crippen LogP contribution in [-0.4, -0.2) is 53.6 Å². The molecular weight excluding hydrogens is 310 g/mol. The number of nitrogens with one attached hydrogen (secondary N) is 1. The van der Waals surface area contributed by atoms with Crippen LogP contribution in [0.4, 0.5) is 11.8 Å². The van der Waals surface area contributed by atoms with Gasteiger partial charge < -0.3 is 10.2 Å². The van der Waals surface area contributed by atoms with Gasteiger partial charge in [-0.15, -0.1) is 0 Å². The van der Waals surface area contributed by atoms with Gasteiger partial charge in [-0.05, 0) is 24.5 Å². The molecule has 1 aromatic carbocycles. The average Bonchev–Trinajstić information content (AvgIpc) is 3.47. The molecule has 5 heteroatoms. The smallest absolute Gasteiger partial charge is 0.224 e. The normalized spacial score (nSPS) is 18.6. The molecule has 0 amide bonds. The van der Waals surface area contributed by atoms with Crippen LogP contribution in [0.1, 0.15) is 18.4 Å². The summed E-state index contributed by atoms with van der Waals surface area (Å²) in [5.41, 5.74) is 1.26. The van der Waals surface area contributed by atoms with Crippen LogP contribution >= 0.6 is 0 Å². The zero-order valence-corrected chi connectivity index (χ0v) is 14.5. The monoisotopic (exact) mass is 335 g/mol. The van der Waals surface area contributed by atoms with E-state index >= 15 is 0 Å². The summed E-state index contributed by atoms with van der Waals surface area (Å²) in [7, 11) is 0. The number of nitrogens with zero attached hydrogens (tertiary/aromatic N) is 4. The van der Waals surface area contributed by atoms with E-state index in [0.29, 0.717) is 6.04 Å². The van der Waals surface area contributed by atoms with E-state index in [1.54, 1.807) is 0 Å². The molecule has 0 atom stereocenters. The molecule has 2 aliphatic rings. The summed E-state index contributed by atoms with van der Waals surface area (Å²) in [4.78, 5) is 13.8. The van der Waals surface area contributed by atoms with Gasteiger partial charge >= 0.3 is 0 Å². The standard InChI is InChI=1S/C20H25N5/c1-2-5-17(6-3-1)7-4-12-24-13-15-25(16-14-24)19-10-11-21-20(23-19)22-18-8-9-18/h1-7,10-11,18H,8-9,12-16H2,(H,21,22,23)/b7-4+. The van der Waals surface area contributed by atoms with Crippen LogP contribution in [0.25, 0.3) is 6.08 Å². The highest BCUT2D eigenvalue weighted by molar-refractivity contribution is 5.49. The highest BCUT2D eigenvalue weighted by Crippen LogP contribution is 2.23. The van der Waals surface area contributed by atoms with Gasteiger partial charge in [-0.25, -0.2) is 4.98 Å². The minimum absolute atomic E-state index is 0.587. The second-order valence-electron chi connectivity index (χ2n) is 6.76. The van der Waals surface area contributed by atoms with Crippen molar-refractivity contribution in [2.24, 2.45) is 0 Å². The Morgan fingerprint density at radius 1 is 1.04 bits per heavy atom. The van der Waals surface area contributed by atoms with Crippen molar-refractivity contribution in [1.82, 2.24) is 14.9 Å². The molecule has 1 aromatic heterocycles. The van der Waals surface area contributed by atoms with Crippen molar-refractivity contribution in [3.05, 3.63) is 54.2 Å². The fraction of sp³-hybridized carbons (Fsp3) is 0.400. The van der Waals surface area contributed by atoms with Crippen molar-refractivity contribution in [2.75, 3.05) is 42.9 Å². The van der Waals surface area contributed by atoms with Crippen LogP contribution in [0.5, 0.6) is 0 Å². The SMILES string of the molecule is C(=C\c1ccccc1)/CN1CCN(c2ccnc(NC3CC3)n2)CC1. The summed E-state index contributed by atoms with van der Waals surface area (Å²) in [6.07, 6.45) is 8.80. The van der Waals surface area contributed by atoms with Crippen molar-refractivity contribution in [1.29, 1.82) is 0 Å². The minimum atomic E-state index is 0.587. The quantitative estimate of drug-likeness (QED) is 0.879. The Bertz CT molecular complexity index is 703. The van der Waals surface area contributed by atoms with Gasteiger partial charge in [0.25, 0.3) is 0 Å². The third-order valence-electron chi connectivity index (χ3n) is 4.72. The molecule has 1 N–H and O–H groups in total. The third kappa shape index (κ3) is 4.57. The van der Waals surface area contributed by atoms with E-state index in [9.17, 15) is 0 Å². The van der Waals surface area contributed by atoms with Gasteiger partial charge in [0.15, 0.2) is 0 Å². The highest BCUT2D eigenvalue weighted by Gasteiger charge is 2.23. The van der Waals surface area contributed by atoms with Crippen molar-refractivity contribution in [3.63, 3.8) is 0 Å². The molecule has 0 radical (unpaired) electrons. The maximum Gasteiger partial charge on any atom is 0.224 e. The molecule has 2 heterocycles. The lowest BCUT2D eigenvalue weighted by Crippen LogP contribution is -2.46. The fourth-order valence-corrected chi connectivity index (χ4v) is 3.07. The van der Waals surface area contributed by atoms with Gasteiger partial charge in [-0.3, -0.25) is 4.90 Å². The topological polar surface area (TPSA) is 44.3 Å². The fourth-order valence-electron chi connectivity index (χ4n) is 3.07. The van der Waals surface area contributed by atoms with Gasteiger partial charge in [-0.1, -0.05) is 42.5 Å². The van der Waals surface area contributed by atoms with E-state index in [0.717, 1.165) is 44.5 Å². The van der Waals surface area contributed by atoms with Gasteiger partial charge in [-0.2, -0.15) is 4.98 Å². The molecule has 5 nitrogen and oxygen atoms in total. The van der Waals surface area contributed by atoms with Crippen molar-refractivity contribution in [2.45, 2.75) is 18.9 Å². The molecule has 2 fully saturated rings. The summed E-state index contributed by atoms with van der Waals surface area (Å²) in [5.74, 6) is 1.81. The molecule has 2 aromatic rings. The van der Waals surface area contributed by atoms with E-state index in [1.165, 1.54) is 18.4 Å². The summed E-state index contributed by atoms with van der Waals surface area (Å²) in [5, 5.41) is 3.38. The zero-order valence-electron chi connectivity index (χ0n) is 14.5. The first-order valence-corrected chi connectivity index (χ1v) is 9.15. The first kappa shape index (κ1) is 16.1. The Hall–Kier alpha value is -2.40. The summed E-state index contributed by atoms with van der Waals surface area (Å²) < 4.78 is 0. The molecule has 1 saturated carbocycles. The molecule has 1 aliphatic heterocycles. The highest BCUT2D eigenvalue weighted by atomic mass is 15.3. The largest absolute Gasteiger partial charge is 0.354 e. The number of aromatic nitrogens is 2. The Balaban J connectivity index is 1.27. The van der Waals surface area contributed by atoms with Gasteiger partial charge in [0.1, 0.15) is 5.82 Å². The number of anilines is 2. The molecule has 0 bridgehead atoms. The Morgan fingerprint density at radius 2 is 1.84 bits per heavy atom. The first-order chi connectivity index (χ1) is 12.4. The predicted molar refractivity (Wildman–Crippen MR) is 103 cm³/mol. The van der Waals surface area contributed by atoms with E-state index in [1.807, 2.05) is 12.3 Å². The lowest BCUT2D eigenvalue weighted by atomic mass is 10.2. The number of piperazine rings is 1. The molecular formula is C20H25N5. The van der Waals surface area contributed by atoms with Crippen LogP contribution < -0.4 is 10.2 Å². The van der Waals surface area contributed by atoms with Crippen molar-refractivity contribution >= 4 is 17.8 Å².